The number of benzene rings is 2. The summed E-state index contributed by atoms with van der Waals surface area (Å²) < 4.78 is 11.7. The Balaban J connectivity index is 1.47. The van der Waals surface area contributed by atoms with Gasteiger partial charge in [0, 0.05) is 18.5 Å². The van der Waals surface area contributed by atoms with E-state index in [1.807, 2.05) is 45.2 Å². The lowest BCUT2D eigenvalue weighted by atomic mass is 10.1. The molecule has 0 saturated heterocycles. The number of unbranched alkanes of at least 4 members (excludes halogenated alkanes) is 5. The van der Waals surface area contributed by atoms with Crippen molar-refractivity contribution in [2.24, 2.45) is 11.5 Å². The lowest BCUT2D eigenvalue weighted by Gasteiger charge is -2.11. The molecule has 0 aliphatic heterocycles. The first-order chi connectivity index (χ1) is 16.0. The molecule has 5 nitrogen and oxygen atoms in total. The average Bonchev–Trinajstić information content (AvgIpc) is 2.82. The van der Waals surface area contributed by atoms with Gasteiger partial charge in [0.15, 0.2) is 0 Å². The van der Waals surface area contributed by atoms with E-state index in [1.165, 1.54) is 42.4 Å². The molecule has 0 fully saturated rings. The van der Waals surface area contributed by atoms with Gasteiger partial charge in [-0.2, -0.15) is 0 Å². The lowest BCUT2D eigenvalue weighted by molar-refractivity contribution is 0.297. The smallest absolute Gasteiger partial charge is 0.119 e. The minimum absolute atomic E-state index is 0.00667. The van der Waals surface area contributed by atoms with Crippen LogP contribution in [0.3, 0.4) is 0 Å². The first kappa shape index (κ1) is 26.7. The number of ether oxygens (including phenoxy) is 2. The normalized spacial score (nSPS) is 11.8. The largest absolute Gasteiger partial charge is 0.494 e. The molecule has 2 rings (SSSR count). The summed E-state index contributed by atoms with van der Waals surface area (Å²) in [5.74, 6) is 1.87. The van der Waals surface area contributed by atoms with Crippen LogP contribution in [0.15, 0.2) is 59.8 Å². The van der Waals surface area contributed by atoms with Gasteiger partial charge in [-0.1, -0.05) is 55.5 Å². The van der Waals surface area contributed by atoms with E-state index >= 15 is 0 Å². The van der Waals surface area contributed by atoms with Crippen LogP contribution in [0.25, 0.3) is 0 Å². The molecule has 0 bridgehead atoms. The molecule has 0 aromatic heterocycles. The third-order valence-corrected chi connectivity index (χ3v) is 5.79. The lowest BCUT2D eigenvalue weighted by Crippen LogP contribution is -2.36. The van der Waals surface area contributed by atoms with E-state index in [2.05, 4.69) is 29.6 Å². The van der Waals surface area contributed by atoms with Crippen LogP contribution in [0, 0.1) is 0 Å². The Bertz CT molecular complexity index is 812. The van der Waals surface area contributed by atoms with E-state index in [0.29, 0.717) is 0 Å². The van der Waals surface area contributed by atoms with Crippen molar-refractivity contribution >= 4 is 0 Å². The molecule has 2 aromatic rings. The highest BCUT2D eigenvalue weighted by Crippen LogP contribution is 2.16. The van der Waals surface area contributed by atoms with E-state index in [4.69, 9.17) is 20.9 Å². The van der Waals surface area contributed by atoms with Gasteiger partial charge in [0.1, 0.15) is 11.5 Å². The maximum atomic E-state index is 6.04. The molecule has 5 N–H and O–H groups in total. The van der Waals surface area contributed by atoms with Crippen LogP contribution in [0.5, 0.6) is 11.5 Å². The highest BCUT2D eigenvalue weighted by atomic mass is 16.5. The second-order valence-electron chi connectivity index (χ2n) is 8.91. The molecule has 0 spiro atoms. The molecule has 1 atom stereocenters. The van der Waals surface area contributed by atoms with Crippen molar-refractivity contribution in [2.75, 3.05) is 20.3 Å². The third kappa shape index (κ3) is 11.3. The molecule has 33 heavy (non-hydrogen) atoms. The number of allylic oxidation sites excluding steroid dienone is 2. The molecule has 182 valence electrons. The van der Waals surface area contributed by atoms with Gasteiger partial charge in [0.05, 0.1) is 19.4 Å². The Morgan fingerprint density at radius 2 is 1.21 bits per heavy atom. The standard InChI is InChI=1S/C28H43N3O2/c1-22(2)27(29)20-23-10-14-25(15-11-23)32-18-8-6-4-5-7-9-19-33-26-16-12-24(13-17-26)21-28(30)31-3/h10-17,28,31H,4-9,18-21,29-30H2,1-3H3. The molecule has 0 saturated carbocycles. The van der Waals surface area contributed by atoms with Gasteiger partial charge in [0.25, 0.3) is 0 Å². The van der Waals surface area contributed by atoms with Gasteiger partial charge < -0.3 is 26.3 Å². The molecule has 0 aliphatic rings. The number of nitrogens with one attached hydrogen (secondary N) is 1. The van der Waals surface area contributed by atoms with Gasteiger partial charge in [-0.3, -0.25) is 0 Å². The number of likely N-dealkylation sites (N-methyl/N-ethyl adjacent to an activating group) is 1. The fourth-order valence-electron chi connectivity index (χ4n) is 3.47. The number of hydrogen-bond acceptors (Lipinski definition) is 5. The van der Waals surface area contributed by atoms with Crippen molar-refractivity contribution in [1.82, 2.24) is 5.32 Å². The number of rotatable bonds is 16. The van der Waals surface area contributed by atoms with Crippen molar-refractivity contribution in [3.8, 4) is 11.5 Å². The Labute approximate surface area is 200 Å². The average molecular weight is 454 g/mol. The van der Waals surface area contributed by atoms with Crippen LogP contribution in [-0.2, 0) is 12.8 Å². The summed E-state index contributed by atoms with van der Waals surface area (Å²) in [7, 11) is 1.88. The Hall–Kier alpha value is -2.50. The van der Waals surface area contributed by atoms with Crippen LogP contribution >= 0.6 is 0 Å². The van der Waals surface area contributed by atoms with Gasteiger partial charge in [-0.25, -0.2) is 0 Å². The van der Waals surface area contributed by atoms with E-state index in [0.717, 1.165) is 56.1 Å². The maximum Gasteiger partial charge on any atom is 0.119 e. The van der Waals surface area contributed by atoms with Gasteiger partial charge >= 0.3 is 0 Å². The Morgan fingerprint density at radius 1 is 0.758 bits per heavy atom. The second kappa shape index (κ2) is 15.4. The zero-order valence-electron chi connectivity index (χ0n) is 20.7. The van der Waals surface area contributed by atoms with Crippen molar-refractivity contribution in [1.29, 1.82) is 0 Å². The second-order valence-corrected chi connectivity index (χ2v) is 8.91. The van der Waals surface area contributed by atoms with Crippen molar-refractivity contribution in [3.05, 3.63) is 70.9 Å². The molecule has 2 aromatic carbocycles. The van der Waals surface area contributed by atoms with E-state index in [1.54, 1.807) is 0 Å². The minimum atomic E-state index is -0.00667. The number of nitrogens with two attached hydrogens (primary N) is 2. The van der Waals surface area contributed by atoms with Gasteiger partial charge in [-0.15, -0.1) is 0 Å². The van der Waals surface area contributed by atoms with Gasteiger partial charge in [-0.05, 0) is 69.1 Å². The fourth-order valence-corrected chi connectivity index (χ4v) is 3.47. The monoisotopic (exact) mass is 453 g/mol. The highest BCUT2D eigenvalue weighted by molar-refractivity contribution is 5.30. The van der Waals surface area contributed by atoms with E-state index in [-0.39, 0.29) is 6.17 Å². The predicted octanol–water partition coefficient (Wildman–Crippen LogP) is 5.33. The van der Waals surface area contributed by atoms with E-state index < -0.39 is 0 Å². The molecule has 1 unspecified atom stereocenters. The fraction of sp³-hybridized carbons (Fsp3) is 0.500. The molecule has 0 amide bonds. The number of hydrogen-bond donors (Lipinski definition) is 3. The van der Waals surface area contributed by atoms with Crippen molar-refractivity contribution < 1.29 is 9.47 Å². The third-order valence-electron chi connectivity index (χ3n) is 5.79. The first-order valence-corrected chi connectivity index (χ1v) is 12.3. The Morgan fingerprint density at radius 3 is 1.67 bits per heavy atom. The summed E-state index contributed by atoms with van der Waals surface area (Å²) in [6.45, 7) is 5.63. The minimum Gasteiger partial charge on any atom is -0.494 e. The van der Waals surface area contributed by atoms with Crippen LogP contribution < -0.4 is 26.3 Å². The van der Waals surface area contributed by atoms with Crippen molar-refractivity contribution in [2.45, 2.75) is 71.4 Å². The van der Waals surface area contributed by atoms with Gasteiger partial charge in [0.2, 0.25) is 0 Å². The van der Waals surface area contributed by atoms with Crippen LogP contribution in [0.1, 0.15) is 63.5 Å². The predicted molar refractivity (Wildman–Crippen MR) is 139 cm³/mol. The topological polar surface area (TPSA) is 82.5 Å². The zero-order chi connectivity index (χ0) is 23.9. The van der Waals surface area contributed by atoms with E-state index in [9.17, 15) is 0 Å². The van der Waals surface area contributed by atoms with Crippen LogP contribution in [0.4, 0.5) is 0 Å². The summed E-state index contributed by atoms with van der Waals surface area (Å²) in [5.41, 5.74) is 16.5. The summed E-state index contributed by atoms with van der Waals surface area (Å²) in [6, 6.07) is 16.5. The molecule has 0 radical (unpaired) electrons. The van der Waals surface area contributed by atoms with Crippen molar-refractivity contribution in [3.63, 3.8) is 0 Å². The first-order valence-electron chi connectivity index (χ1n) is 12.3. The summed E-state index contributed by atoms with van der Waals surface area (Å²) in [4.78, 5) is 0. The summed E-state index contributed by atoms with van der Waals surface area (Å²) >= 11 is 0. The summed E-state index contributed by atoms with van der Waals surface area (Å²) in [5, 5.41) is 3.05. The molecule has 0 aliphatic carbocycles. The quantitative estimate of drug-likeness (QED) is 0.236. The molecular formula is C28H43N3O2. The van der Waals surface area contributed by atoms with Crippen LogP contribution in [-0.4, -0.2) is 26.4 Å². The SMILES string of the molecule is CNC(N)Cc1ccc(OCCCCCCCCOc2ccc(CC(N)=C(C)C)cc2)cc1. The Kier molecular flexibility index (Phi) is 12.4. The summed E-state index contributed by atoms with van der Waals surface area (Å²) in [6.07, 6.45) is 8.67. The maximum absolute atomic E-state index is 6.04. The molecular weight excluding hydrogens is 410 g/mol. The zero-order valence-corrected chi connectivity index (χ0v) is 20.7. The van der Waals surface area contributed by atoms with Crippen LogP contribution in [0.2, 0.25) is 0 Å². The highest BCUT2D eigenvalue weighted by Gasteiger charge is 2.02. The molecule has 5 heteroatoms. The molecule has 0 heterocycles.